The molecule has 0 fully saturated rings. The summed E-state index contributed by atoms with van der Waals surface area (Å²) < 4.78 is 39.6. The van der Waals surface area contributed by atoms with Gasteiger partial charge in [-0.25, -0.2) is 13.1 Å². The van der Waals surface area contributed by atoms with Crippen LogP contribution in [0.2, 0.25) is 0 Å². The molecule has 7 heteroatoms. The third kappa shape index (κ3) is 3.23. The van der Waals surface area contributed by atoms with Gasteiger partial charge in [0.2, 0.25) is 10.0 Å². The lowest BCUT2D eigenvalue weighted by Gasteiger charge is -2.26. The molecule has 0 saturated carbocycles. The number of aromatic nitrogens is 1. The first-order valence-electron chi connectivity index (χ1n) is 8.26. The third-order valence-corrected chi connectivity index (χ3v) is 5.62. The predicted octanol–water partition coefficient (Wildman–Crippen LogP) is 2.66. The zero-order valence-corrected chi connectivity index (χ0v) is 15.0. The maximum absolute atomic E-state index is 12.8. The number of fused-ring (bicyclic) bond motifs is 2. The van der Waals surface area contributed by atoms with Crippen molar-refractivity contribution < 1.29 is 17.9 Å². The Morgan fingerprint density at radius 1 is 1.15 bits per heavy atom. The van der Waals surface area contributed by atoms with E-state index < -0.39 is 16.1 Å². The molecule has 1 N–H and O–H groups in total. The lowest BCUT2D eigenvalue weighted by molar-refractivity contribution is 0.0943. The Bertz CT molecular complexity index is 1070. The number of nitrogens with one attached hydrogen (secondary N) is 1. The van der Waals surface area contributed by atoms with E-state index in [2.05, 4.69) is 9.71 Å². The largest absolute Gasteiger partial charge is 0.486 e. The molecule has 26 heavy (non-hydrogen) atoms. The van der Waals surface area contributed by atoms with Crippen LogP contribution in [0.1, 0.15) is 5.56 Å². The second-order valence-electron chi connectivity index (χ2n) is 6.19. The molecule has 2 heterocycles. The predicted molar refractivity (Wildman–Crippen MR) is 98.0 cm³/mol. The zero-order valence-electron chi connectivity index (χ0n) is 14.2. The number of nitrogens with zero attached hydrogens (tertiary/aromatic N) is 1. The highest BCUT2D eigenvalue weighted by Crippen LogP contribution is 2.30. The SMILES string of the molecule is Cc1cnc2c(S(=O)(=O)NC[C@@H]3COc4ccccc4O3)cccc2c1. The van der Waals surface area contributed by atoms with Crippen molar-refractivity contribution in [3.63, 3.8) is 0 Å². The van der Waals surface area contributed by atoms with E-state index in [1.807, 2.05) is 37.3 Å². The van der Waals surface area contributed by atoms with E-state index in [0.29, 0.717) is 17.0 Å². The van der Waals surface area contributed by atoms with Crippen LogP contribution in [0.5, 0.6) is 11.5 Å². The van der Waals surface area contributed by atoms with Gasteiger partial charge in [0.05, 0.1) is 12.1 Å². The van der Waals surface area contributed by atoms with Gasteiger partial charge in [0.1, 0.15) is 17.6 Å². The number of hydrogen-bond donors (Lipinski definition) is 1. The van der Waals surface area contributed by atoms with Gasteiger partial charge >= 0.3 is 0 Å². The highest BCUT2D eigenvalue weighted by Gasteiger charge is 2.24. The molecule has 0 radical (unpaired) electrons. The van der Waals surface area contributed by atoms with E-state index in [4.69, 9.17) is 9.47 Å². The van der Waals surface area contributed by atoms with Crippen molar-refractivity contribution in [2.75, 3.05) is 13.2 Å². The summed E-state index contributed by atoms with van der Waals surface area (Å²) in [4.78, 5) is 4.46. The molecule has 4 rings (SSSR count). The van der Waals surface area contributed by atoms with Crippen LogP contribution in [0.3, 0.4) is 0 Å². The van der Waals surface area contributed by atoms with E-state index in [1.54, 1.807) is 24.4 Å². The minimum absolute atomic E-state index is 0.110. The van der Waals surface area contributed by atoms with Crippen LogP contribution in [0, 0.1) is 6.92 Å². The van der Waals surface area contributed by atoms with Gasteiger partial charge in [-0.3, -0.25) is 4.98 Å². The Morgan fingerprint density at radius 2 is 1.96 bits per heavy atom. The number of hydrogen-bond acceptors (Lipinski definition) is 5. The summed E-state index contributed by atoms with van der Waals surface area (Å²) in [7, 11) is -3.72. The lowest BCUT2D eigenvalue weighted by Crippen LogP contribution is -2.40. The molecule has 0 amide bonds. The van der Waals surface area contributed by atoms with Crippen LogP contribution < -0.4 is 14.2 Å². The topological polar surface area (TPSA) is 77.5 Å². The maximum atomic E-state index is 12.8. The summed E-state index contributed by atoms with van der Waals surface area (Å²) in [6, 6.07) is 14.4. The molecule has 0 unspecified atom stereocenters. The van der Waals surface area contributed by atoms with E-state index in [0.717, 1.165) is 10.9 Å². The highest BCUT2D eigenvalue weighted by molar-refractivity contribution is 7.89. The number of benzene rings is 2. The number of aryl methyl sites for hydroxylation is 1. The van der Waals surface area contributed by atoms with Crippen LogP contribution >= 0.6 is 0 Å². The number of ether oxygens (including phenoxy) is 2. The lowest BCUT2D eigenvalue weighted by atomic mass is 10.2. The molecule has 0 saturated heterocycles. The second kappa shape index (κ2) is 6.59. The molecule has 0 aliphatic carbocycles. The summed E-state index contributed by atoms with van der Waals surface area (Å²) in [5.74, 6) is 1.28. The summed E-state index contributed by atoms with van der Waals surface area (Å²) >= 11 is 0. The fraction of sp³-hybridized carbons (Fsp3) is 0.211. The summed E-state index contributed by atoms with van der Waals surface area (Å²) in [6.07, 6.45) is 1.26. The van der Waals surface area contributed by atoms with Crippen LogP contribution in [0.4, 0.5) is 0 Å². The van der Waals surface area contributed by atoms with Crippen molar-refractivity contribution >= 4 is 20.9 Å². The maximum Gasteiger partial charge on any atom is 0.242 e. The molecular weight excluding hydrogens is 352 g/mol. The molecule has 1 aromatic heterocycles. The smallest absolute Gasteiger partial charge is 0.242 e. The Hall–Kier alpha value is -2.64. The summed E-state index contributed by atoms with van der Waals surface area (Å²) in [6.45, 7) is 2.32. The van der Waals surface area contributed by atoms with E-state index in [9.17, 15) is 8.42 Å². The van der Waals surface area contributed by atoms with E-state index in [1.165, 1.54) is 0 Å². The fourth-order valence-electron chi connectivity index (χ4n) is 2.90. The Balaban J connectivity index is 1.54. The van der Waals surface area contributed by atoms with Crippen molar-refractivity contribution in [1.82, 2.24) is 9.71 Å². The molecule has 2 aromatic carbocycles. The summed E-state index contributed by atoms with van der Waals surface area (Å²) in [5.41, 5.74) is 1.43. The average Bonchev–Trinajstić information content (AvgIpc) is 2.65. The minimum Gasteiger partial charge on any atom is -0.486 e. The monoisotopic (exact) mass is 370 g/mol. The first-order valence-corrected chi connectivity index (χ1v) is 9.75. The first-order chi connectivity index (χ1) is 12.5. The Morgan fingerprint density at radius 3 is 2.81 bits per heavy atom. The standard InChI is InChI=1S/C19H18N2O4S/c1-13-9-14-5-4-8-18(19(14)20-10-13)26(22,23)21-11-15-12-24-16-6-2-3-7-17(16)25-15/h2-10,15,21H,11-12H2,1H3/t15-/m1/s1. The van der Waals surface area contributed by atoms with E-state index in [-0.39, 0.29) is 18.0 Å². The second-order valence-corrected chi connectivity index (χ2v) is 7.93. The van der Waals surface area contributed by atoms with Gasteiger partial charge < -0.3 is 9.47 Å². The molecule has 134 valence electrons. The average molecular weight is 370 g/mol. The molecule has 0 bridgehead atoms. The zero-order chi connectivity index (χ0) is 18.1. The highest BCUT2D eigenvalue weighted by atomic mass is 32.2. The normalized spacial score (nSPS) is 16.6. The Kier molecular flexibility index (Phi) is 4.26. The van der Waals surface area contributed by atoms with Crippen molar-refractivity contribution in [3.05, 3.63) is 60.3 Å². The number of pyridine rings is 1. The van der Waals surface area contributed by atoms with Crippen molar-refractivity contribution in [2.24, 2.45) is 0 Å². The van der Waals surface area contributed by atoms with Gasteiger partial charge in [-0.2, -0.15) is 0 Å². The molecule has 0 spiro atoms. The van der Waals surface area contributed by atoms with Gasteiger partial charge in [0.25, 0.3) is 0 Å². The van der Waals surface area contributed by atoms with Crippen LogP contribution in [-0.4, -0.2) is 32.7 Å². The van der Waals surface area contributed by atoms with Crippen molar-refractivity contribution in [3.8, 4) is 11.5 Å². The van der Waals surface area contributed by atoms with Crippen molar-refractivity contribution in [1.29, 1.82) is 0 Å². The van der Waals surface area contributed by atoms with Crippen molar-refractivity contribution in [2.45, 2.75) is 17.9 Å². The molecular formula is C19H18N2O4S. The molecule has 1 atom stereocenters. The van der Waals surface area contributed by atoms with Gasteiger partial charge in [0.15, 0.2) is 11.5 Å². The quantitative estimate of drug-likeness (QED) is 0.764. The number of rotatable bonds is 4. The third-order valence-electron chi connectivity index (χ3n) is 4.17. The van der Waals surface area contributed by atoms with Gasteiger partial charge in [-0.05, 0) is 36.8 Å². The van der Waals surface area contributed by atoms with Crippen LogP contribution in [0.15, 0.2) is 59.6 Å². The Labute approximate surface area is 151 Å². The molecule has 1 aliphatic heterocycles. The van der Waals surface area contributed by atoms with Gasteiger partial charge in [-0.1, -0.05) is 24.3 Å². The van der Waals surface area contributed by atoms with Gasteiger partial charge in [-0.15, -0.1) is 0 Å². The van der Waals surface area contributed by atoms with Crippen LogP contribution in [-0.2, 0) is 10.0 Å². The first kappa shape index (κ1) is 16.8. The fourth-order valence-corrected chi connectivity index (χ4v) is 4.15. The summed E-state index contributed by atoms with van der Waals surface area (Å²) in [5, 5.41) is 0.791. The molecule has 1 aliphatic rings. The van der Waals surface area contributed by atoms with E-state index >= 15 is 0 Å². The van der Waals surface area contributed by atoms with Gasteiger partial charge in [0, 0.05) is 11.6 Å². The molecule has 3 aromatic rings. The minimum atomic E-state index is -3.72. The number of para-hydroxylation sites is 3. The van der Waals surface area contributed by atoms with Crippen LogP contribution in [0.25, 0.3) is 10.9 Å². The number of sulfonamides is 1. The molecule has 6 nitrogen and oxygen atoms in total.